The van der Waals surface area contributed by atoms with E-state index in [1.54, 1.807) is 12.5 Å². The molecule has 8 heteroatoms. The number of aldehydes is 1. The maximum atomic E-state index is 10.4. The average Bonchev–Trinajstić information content (AvgIpc) is 3.67. The Balaban J connectivity index is 0.000000202. The second-order valence-electron chi connectivity index (χ2n) is 8.69. The van der Waals surface area contributed by atoms with Crippen LogP contribution in [0.15, 0.2) is 73.4 Å². The third-order valence-electron chi connectivity index (χ3n) is 6.15. The van der Waals surface area contributed by atoms with Crippen molar-refractivity contribution in [2.75, 3.05) is 17.7 Å². The van der Waals surface area contributed by atoms with Crippen LogP contribution in [0.4, 0.5) is 17.2 Å². The van der Waals surface area contributed by atoms with Crippen molar-refractivity contribution in [3.8, 4) is 11.3 Å². The second kappa shape index (κ2) is 10.4. The molecule has 2 aromatic carbocycles. The molecule has 0 bridgehead atoms. The molecule has 0 unspecified atom stereocenters. The summed E-state index contributed by atoms with van der Waals surface area (Å²) in [6.45, 7) is 2.07. The molecule has 36 heavy (non-hydrogen) atoms. The number of pyridine rings is 1. The molecule has 180 valence electrons. The molecular weight excluding hydrogens is 450 g/mol. The SMILES string of the molecule is CNc1cc(Nc2ncccc2-c2ncnc3nc[nH]c23)ccc1C.O=Cc1cccc(C2CC2)c1. The zero-order valence-electron chi connectivity index (χ0n) is 20.2. The second-order valence-corrected chi connectivity index (χ2v) is 8.69. The van der Waals surface area contributed by atoms with Crippen LogP contribution in [0.2, 0.25) is 0 Å². The molecule has 6 rings (SSSR count). The van der Waals surface area contributed by atoms with Gasteiger partial charge in [0.2, 0.25) is 0 Å². The van der Waals surface area contributed by atoms with Gasteiger partial charge in [-0.05, 0) is 67.1 Å². The van der Waals surface area contributed by atoms with Crippen LogP contribution in [-0.2, 0) is 0 Å². The van der Waals surface area contributed by atoms with Crippen LogP contribution in [0, 0.1) is 6.92 Å². The van der Waals surface area contributed by atoms with Crippen molar-refractivity contribution in [2.24, 2.45) is 0 Å². The van der Waals surface area contributed by atoms with Gasteiger partial charge in [-0.1, -0.05) is 24.3 Å². The Labute approximate surface area is 209 Å². The van der Waals surface area contributed by atoms with Crippen LogP contribution in [0.25, 0.3) is 22.4 Å². The maximum absolute atomic E-state index is 10.4. The number of nitrogens with one attached hydrogen (secondary N) is 3. The highest BCUT2D eigenvalue weighted by molar-refractivity contribution is 5.91. The van der Waals surface area contributed by atoms with Gasteiger partial charge >= 0.3 is 0 Å². The first-order valence-electron chi connectivity index (χ1n) is 11.9. The number of nitrogens with zero attached hydrogens (tertiary/aromatic N) is 4. The van der Waals surface area contributed by atoms with Crippen molar-refractivity contribution in [1.29, 1.82) is 0 Å². The molecule has 0 atom stereocenters. The number of H-pyrrole nitrogens is 1. The summed E-state index contributed by atoms with van der Waals surface area (Å²) in [4.78, 5) is 30.8. The van der Waals surface area contributed by atoms with Crippen LogP contribution in [-0.4, -0.2) is 38.3 Å². The highest BCUT2D eigenvalue weighted by Crippen LogP contribution is 2.40. The normalized spacial score (nSPS) is 12.5. The summed E-state index contributed by atoms with van der Waals surface area (Å²) in [7, 11) is 1.91. The number of aryl methyl sites for hydroxylation is 1. The van der Waals surface area contributed by atoms with E-state index in [4.69, 9.17) is 0 Å². The van der Waals surface area contributed by atoms with Gasteiger partial charge in [-0.2, -0.15) is 0 Å². The Morgan fingerprint density at radius 2 is 1.89 bits per heavy atom. The van der Waals surface area contributed by atoms with Crippen molar-refractivity contribution >= 4 is 34.6 Å². The van der Waals surface area contributed by atoms with Crippen molar-refractivity contribution in [2.45, 2.75) is 25.7 Å². The van der Waals surface area contributed by atoms with Crippen LogP contribution in [0.1, 0.15) is 40.2 Å². The van der Waals surface area contributed by atoms with E-state index in [2.05, 4.69) is 60.7 Å². The predicted octanol–water partition coefficient (Wildman–Crippen LogP) is 5.89. The molecule has 0 radical (unpaired) electrons. The molecule has 0 aliphatic heterocycles. The number of imidazole rings is 1. The average molecular weight is 478 g/mol. The minimum Gasteiger partial charge on any atom is -0.388 e. The Hall–Kier alpha value is -4.59. The van der Waals surface area contributed by atoms with Crippen molar-refractivity contribution in [3.05, 3.63) is 90.1 Å². The van der Waals surface area contributed by atoms with Gasteiger partial charge in [0.1, 0.15) is 29.6 Å². The summed E-state index contributed by atoms with van der Waals surface area (Å²) < 4.78 is 0. The minimum absolute atomic E-state index is 0.632. The first kappa shape index (κ1) is 23.2. The molecule has 3 aromatic heterocycles. The Morgan fingerprint density at radius 3 is 2.69 bits per heavy atom. The number of anilines is 3. The predicted molar refractivity (Wildman–Crippen MR) is 143 cm³/mol. The van der Waals surface area contributed by atoms with Crippen molar-refractivity contribution in [1.82, 2.24) is 24.9 Å². The standard InChI is InChI=1S/C18H17N7.C10H10O/c1-11-5-6-12(8-14(11)19-2)25-17-13(4-3-7-20-17)15-16-18(23-9-21-15)24-10-22-16;11-7-8-2-1-3-10(6-8)9-4-5-9/h3-10,19H,1-2H3,(H,20,25)(H,21,22,23,24);1-3,6-7,9H,4-5H2. The molecule has 5 aromatic rings. The van der Waals surface area contributed by atoms with Gasteiger partial charge in [-0.3, -0.25) is 4.79 Å². The fraction of sp³-hybridized carbons (Fsp3) is 0.179. The smallest absolute Gasteiger partial charge is 0.181 e. The zero-order valence-corrected chi connectivity index (χ0v) is 20.2. The molecule has 0 saturated heterocycles. The van der Waals surface area contributed by atoms with E-state index in [1.165, 1.54) is 30.3 Å². The van der Waals surface area contributed by atoms with E-state index in [0.717, 1.165) is 51.7 Å². The fourth-order valence-corrected chi connectivity index (χ4v) is 4.07. The molecule has 8 nitrogen and oxygen atoms in total. The number of aromatic nitrogens is 5. The van der Waals surface area contributed by atoms with Crippen LogP contribution in [0.3, 0.4) is 0 Å². The van der Waals surface area contributed by atoms with Gasteiger partial charge in [0.25, 0.3) is 0 Å². The topological polar surface area (TPSA) is 108 Å². The van der Waals surface area contributed by atoms with Crippen molar-refractivity contribution in [3.63, 3.8) is 0 Å². The minimum atomic E-state index is 0.632. The lowest BCUT2D eigenvalue weighted by Crippen LogP contribution is -1.99. The first-order chi connectivity index (χ1) is 17.7. The zero-order chi connectivity index (χ0) is 24.9. The number of aromatic amines is 1. The van der Waals surface area contributed by atoms with Gasteiger partial charge in [-0.15, -0.1) is 0 Å². The number of fused-ring (bicyclic) bond motifs is 1. The monoisotopic (exact) mass is 477 g/mol. The van der Waals surface area contributed by atoms with Gasteiger partial charge in [0.05, 0.1) is 6.33 Å². The molecule has 3 heterocycles. The third kappa shape index (κ3) is 5.07. The number of rotatable bonds is 6. The highest BCUT2D eigenvalue weighted by Gasteiger charge is 2.23. The molecule has 0 spiro atoms. The number of benzene rings is 2. The highest BCUT2D eigenvalue weighted by atomic mass is 16.1. The van der Waals surface area contributed by atoms with E-state index in [0.29, 0.717) is 5.65 Å². The lowest BCUT2D eigenvalue weighted by molar-refractivity contribution is 0.112. The number of carbonyl (C=O) groups excluding carboxylic acids is 1. The number of hydrogen-bond acceptors (Lipinski definition) is 7. The van der Waals surface area contributed by atoms with Gasteiger partial charge in [0.15, 0.2) is 5.65 Å². The lowest BCUT2D eigenvalue weighted by atomic mass is 10.1. The largest absolute Gasteiger partial charge is 0.388 e. The summed E-state index contributed by atoms with van der Waals surface area (Å²) in [6.07, 6.45) is 8.38. The molecule has 0 amide bonds. The van der Waals surface area contributed by atoms with Crippen LogP contribution < -0.4 is 10.6 Å². The fourth-order valence-electron chi connectivity index (χ4n) is 4.07. The Bertz CT molecular complexity index is 1510. The summed E-state index contributed by atoms with van der Waals surface area (Å²) in [6, 6.07) is 17.9. The van der Waals surface area contributed by atoms with Gasteiger partial charge in [0, 0.05) is 35.7 Å². The summed E-state index contributed by atoms with van der Waals surface area (Å²) in [5.74, 6) is 1.47. The maximum Gasteiger partial charge on any atom is 0.181 e. The van der Waals surface area contributed by atoms with Crippen LogP contribution in [0.5, 0.6) is 0 Å². The van der Waals surface area contributed by atoms with E-state index in [-0.39, 0.29) is 0 Å². The van der Waals surface area contributed by atoms with Crippen molar-refractivity contribution < 1.29 is 4.79 Å². The summed E-state index contributed by atoms with van der Waals surface area (Å²) in [5.41, 5.74) is 8.40. The lowest BCUT2D eigenvalue weighted by Gasteiger charge is -2.13. The van der Waals surface area contributed by atoms with Crippen LogP contribution >= 0.6 is 0 Å². The number of carbonyl (C=O) groups is 1. The van der Waals surface area contributed by atoms with E-state index < -0.39 is 0 Å². The molecule has 1 fully saturated rings. The molecule has 3 N–H and O–H groups in total. The quantitative estimate of drug-likeness (QED) is 0.262. The Morgan fingerprint density at radius 1 is 1.00 bits per heavy atom. The van der Waals surface area contributed by atoms with Gasteiger partial charge in [-0.25, -0.2) is 19.9 Å². The van der Waals surface area contributed by atoms with Gasteiger partial charge < -0.3 is 15.6 Å². The first-order valence-corrected chi connectivity index (χ1v) is 11.9. The Kier molecular flexibility index (Phi) is 6.66. The number of hydrogen-bond donors (Lipinski definition) is 3. The van der Waals surface area contributed by atoms with E-state index in [9.17, 15) is 4.79 Å². The third-order valence-corrected chi connectivity index (χ3v) is 6.15. The molecule has 1 saturated carbocycles. The summed E-state index contributed by atoms with van der Waals surface area (Å²) in [5, 5.41) is 6.58. The molecule has 1 aliphatic rings. The van der Waals surface area contributed by atoms with E-state index in [1.807, 2.05) is 43.4 Å². The molecule has 1 aliphatic carbocycles. The summed E-state index contributed by atoms with van der Waals surface area (Å²) >= 11 is 0. The molecular formula is C28H27N7O. The van der Waals surface area contributed by atoms with E-state index >= 15 is 0 Å².